The maximum absolute atomic E-state index is 12.8. The van der Waals surface area contributed by atoms with Gasteiger partial charge in [-0.15, -0.1) is 0 Å². The molecule has 0 unspecified atom stereocenters. The summed E-state index contributed by atoms with van der Waals surface area (Å²) in [5.41, 5.74) is 1.12. The third kappa shape index (κ3) is 4.42. The van der Waals surface area contributed by atoms with Crippen molar-refractivity contribution in [3.8, 4) is 5.75 Å². The molecule has 24 heavy (non-hydrogen) atoms. The van der Waals surface area contributed by atoms with Crippen LogP contribution in [-0.4, -0.2) is 16.6 Å². The van der Waals surface area contributed by atoms with Crippen LogP contribution < -0.4 is 4.74 Å². The first-order valence-corrected chi connectivity index (χ1v) is 9.41. The molecule has 1 atom stereocenters. The first kappa shape index (κ1) is 16.7. The molecule has 0 fully saturated rings. The van der Waals surface area contributed by atoms with E-state index in [0.717, 1.165) is 10.9 Å². The van der Waals surface area contributed by atoms with E-state index in [9.17, 15) is 8.60 Å². The van der Waals surface area contributed by atoms with Gasteiger partial charge in [0.25, 0.3) is 0 Å². The van der Waals surface area contributed by atoms with Crippen LogP contribution in [0, 0.1) is 5.82 Å². The van der Waals surface area contributed by atoms with Gasteiger partial charge in [-0.3, -0.25) is 4.21 Å². The molecule has 0 bridgehead atoms. The van der Waals surface area contributed by atoms with E-state index in [1.165, 1.54) is 17.5 Å². The molecule has 0 heterocycles. The van der Waals surface area contributed by atoms with E-state index in [2.05, 4.69) is 18.2 Å². The maximum atomic E-state index is 12.8. The second kappa shape index (κ2) is 8.06. The summed E-state index contributed by atoms with van der Waals surface area (Å²) in [6.07, 6.45) is 0.703. The van der Waals surface area contributed by atoms with Crippen molar-refractivity contribution in [2.75, 3.05) is 12.4 Å². The molecule has 3 rings (SSSR count). The average molecular weight is 342 g/mol. The Balaban J connectivity index is 1.49. The summed E-state index contributed by atoms with van der Waals surface area (Å²) < 4.78 is 30.7. The molecule has 4 heteroatoms. The van der Waals surface area contributed by atoms with E-state index in [4.69, 9.17) is 4.74 Å². The fourth-order valence-corrected chi connectivity index (χ4v) is 3.79. The number of hydrogen-bond donors (Lipinski definition) is 0. The molecule has 2 nitrogen and oxygen atoms in total. The Morgan fingerprint density at radius 3 is 2.50 bits per heavy atom. The molecule has 0 aliphatic rings. The number of halogens is 1. The van der Waals surface area contributed by atoms with Gasteiger partial charge in [0.05, 0.1) is 6.61 Å². The van der Waals surface area contributed by atoms with Crippen molar-refractivity contribution >= 4 is 21.6 Å². The first-order chi connectivity index (χ1) is 11.7. The van der Waals surface area contributed by atoms with Crippen LogP contribution in [0.5, 0.6) is 5.75 Å². The highest BCUT2D eigenvalue weighted by Gasteiger charge is 2.06. The Hall–Kier alpha value is -2.20. The maximum Gasteiger partial charge on any atom is 0.123 e. The van der Waals surface area contributed by atoms with Crippen LogP contribution in [0.3, 0.4) is 0 Å². The number of fused-ring (bicyclic) bond motifs is 1. The molecule has 0 N–H and O–H groups in total. The van der Waals surface area contributed by atoms with Gasteiger partial charge in [0.2, 0.25) is 0 Å². The summed E-state index contributed by atoms with van der Waals surface area (Å²) in [6.45, 7) is 0.479. The SMILES string of the molecule is O=[S@](CCCOc1ccc(F)cc1)Cc1cccc2ccccc12. The zero-order valence-corrected chi connectivity index (χ0v) is 14.1. The summed E-state index contributed by atoms with van der Waals surface area (Å²) in [5.74, 6) is 1.50. The fourth-order valence-electron chi connectivity index (χ4n) is 2.60. The van der Waals surface area contributed by atoms with Crippen LogP contribution in [0.15, 0.2) is 66.7 Å². The summed E-state index contributed by atoms with van der Waals surface area (Å²) in [7, 11) is -0.929. The molecule has 0 saturated carbocycles. The third-order valence-electron chi connectivity index (χ3n) is 3.80. The molecule has 3 aromatic rings. The molecule has 0 aliphatic heterocycles. The normalized spacial score (nSPS) is 12.2. The van der Waals surface area contributed by atoms with Crippen LogP contribution in [-0.2, 0) is 16.6 Å². The van der Waals surface area contributed by atoms with Crippen molar-refractivity contribution in [1.29, 1.82) is 0 Å². The summed E-state index contributed by atoms with van der Waals surface area (Å²) >= 11 is 0. The van der Waals surface area contributed by atoms with Gasteiger partial charge in [-0.05, 0) is 47.0 Å². The zero-order chi connectivity index (χ0) is 16.8. The zero-order valence-electron chi connectivity index (χ0n) is 13.3. The Morgan fingerprint density at radius 1 is 0.917 bits per heavy atom. The van der Waals surface area contributed by atoms with Crippen LogP contribution in [0.4, 0.5) is 4.39 Å². The molecule has 124 valence electrons. The van der Waals surface area contributed by atoms with Gasteiger partial charge in [0, 0.05) is 22.3 Å². The van der Waals surface area contributed by atoms with Gasteiger partial charge in [0.15, 0.2) is 0 Å². The number of hydrogen-bond acceptors (Lipinski definition) is 2. The average Bonchev–Trinajstić information content (AvgIpc) is 2.61. The van der Waals surface area contributed by atoms with Crippen molar-refractivity contribution in [2.24, 2.45) is 0 Å². The minimum absolute atomic E-state index is 0.279. The van der Waals surface area contributed by atoms with E-state index in [1.807, 2.05) is 24.3 Å². The van der Waals surface area contributed by atoms with Crippen molar-refractivity contribution in [3.05, 3.63) is 78.1 Å². The molecular formula is C20H19FO2S. The molecule has 0 aromatic heterocycles. The van der Waals surface area contributed by atoms with Crippen LogP contribution in [0.2, 0.25) is 0 Å². The Bertz CT molecular complexity index is 825. The first-order valence-electron chi connectivity index (χ1n) is 7.92. The lowest BCUT2D eigenvalue weighted by Crippen LogP contribution is -2.06. The lowest BCUT2D eigenvalue weighted by atomic mass is 10.1. The van der Waals surface area contributed by atoms with Gasteiger partial charge < -0.3 is 4.74 Å². The largest absolute Gasteiger partial charge is 0.494 e. The Kier molecular flexibility index (Phi) is 5.59. The summed E-state index contributed by atoms with van der Waals surface area (Å²) in [5, 5.41) is 2.34. The lowest BCUT2D eigenvalue weighted by molar-refractivity contribution is 0.318. The predicted octanol–water partition coefficient (Wildman–Crippen LogP) is 4.70. The smallest absolute Gasteiger partial charge is 0.123 e. The summed E-state index contributed by atoms with van der Waals surface area (Å²) in [6, 6.07) is 20.2. The Morgan fingerprint density at radius 2 is 1.67 bits per heavy atom. The molecule has 0 spiro atoms. The van der Waals surface area contributed by atoms with Gasteiger partial charge in [-0.25, -0.2) is 4.39 Å². The topological polar surface area (TPSA) is 26.3 Å². The van der Waals surface area contributed by atoms with E-state index in [-0.39, 0.29) is 5.82 Å². The Labute approximate surface area is 143 Å². The molecule has 0 radical (unpaired) electrons. The molecule has 0 amide bonds. The summed E-state index contributed by atoms with van der Waals surface area (Å²) in [4.78, 5) is 0. The number of benzene rings is 3. The third-order valence-corrected chi connectivity index (χ3v) is 5.17. The molecular weight excluding hydrogens is 323 g/mol. The fraction of sp³-hybridized carbons (Fsp3) is 0.200. The minimum Gasteiger partial charge on any atom is -0.494 e. The molecule has 0 saturated heterocycles. The van der Waals surface area contributed by atoms with Crippen LogP contribution in [0.25, 0.3) is 10.8 Å². The van der Waals surface area contributed by atoms with E-state index in [1.54, 1.807) is 12.1 Å². The van der Waals surface area contributed by atoms with Crippen molar-refractivity contribution in [3.63, 3.8) is 0 Å². The van der Waals surface area contributed by atoms with E-state index >= 15 is 0 Å². The lowest BCUT2D eigenvalue weighted by Gasteiger charge is -2.08. The quantitative estimate of drug-likeness (QED) is 0.582. The van der Waals surface area contributed by atoms with Crippen LogP contribution >= 0.6 is 0 Å². The minimum atomic E-state index is -0.929. The van der Waals surface area contributed by atoms with Gasteiger partial charge in [-0.2, -0.15) is 0 Å². The number of rotatable bonds is 7. The number of ether oxygens (including phenoxy) is 1. The van der Waals surface area contributed by atoms with Crippen molar-refractivity contribution in [1.82, 2.24) is 0 Å². The van der Waals surface area contributed by atoms with Gasteiger partial charge in [0.1, 0.15) is 11.6 Å². The molecule has 0 aliphatic carbocycles. The second-order valence-corrected chi connectivity index (χ2v) is 7.16. The highest BCUT2D eigenvalue weighted by Crippen LogP contribution is 2.20. The van der Waals surface area contributed by atoms with E-state index < -0.39 is 10.8 Å². The van der Waals surface area contributed by atoms with Crippen molar-refractivity contribution < 1.29 is 13.3 Å². The van der Waals surface area contributed by atoms with Crippen LogP contribution in [0.1, 0.15) is 12.0 Å². The standard InChI is InChI=1S/C20H19FO2S/c21-18-9-11-19(12-10-18)23-13-4-14-24(22)15-17-7-3-6-16-5-1-2-8-20(16)17/h1-3,5-12H,4,13-15H2/t24-/m1/s1. The highest BCUT2D eigenvalue weighted by atomic mass is 32.2. The predicted molar refractivity (Wildman–Crippen MR) is 97.2 cm³/mol. The van der Waals surface area contributed by atoms with Crippen molar-refractivity contribution in [2.45, 2.75) is 12.2 Å². The molecule has 3 aromatic carbocycles. The monoisotopic (exact) mass is 342 g/mol. The van der Waals surface area contributed by atoms with Gasteiger partial charge in [-0.1, -0.05) is 42.5 Å². The van der Waals surface area contributed by atoms with Gasteiger partial charge >= 0.3 is 0 Å². The second-order valence-electron chi connectivity index (χ2n) is 5.58. The van der Waals surface area contributed by atoms with E-state index in [0.29, 0.717) is 30.3 Å². The highest BCUT2D eigenvalue weighted by molar-refractivity contribution is 7.84.